The van der Waals surface area contributed by atoms with Gasteiger partial charge in [0.25, 0.3) is 0 Å². The highest BCUT2D eigenvalue weighted by Gasteiger charge is 2.13. The summed E-state index contributed by atoms with van der Waals surface area (Å²) in [5, 5.41) is 9.98. The third kappa shape index (κ3) is 1.16. The molecule has 1 unspecified atom stereocenters. The van der Waals surface area contributed by atoms with Crippen molar-refractivity contribution in [3.8, 4) is 5.75 Å². The standard InChI is InChI=1S/C10H9FO2/c1-6(11)8-5-13-10-7(8)3-2-4-9(10)12/h2-6,12H,1H3. The first-order valence-corrected chi connectivity index (χ1v) is 4.03. The summed E-state index contributed by atoms with van der Waals surface area (Å²) in [5.41, 5.74) is 0.827. The average Bonchev–Trinajstić information content (AvgIpc) is 2.48. The highest BCUT2D eigenvalue weighted by Crippen LogP contribution is 2.32. The second-order valence-electron chi connectivity index (χ2n) is 2.96. The summed E-state index contributed by atoms with van der Waals surface area (Å²) in [6.07, 6.45) is 0.262. The van der Waals surface area contributed by atoms with E-state index in [1.807, 2.05) is 0 Å². The molecule has 2 aromatic rings. The van der Waals surface area contributed by atoms with Gasteiger partial charge in [0.15, 0.2) is 11.3 Å². The smallest absolute Gasteiger partial charge is 0.175 e. The van der Waals surface area contributed by atoms with Crippen LogP contribution in [0.25, 0.3) is 11.0 Å². The molecule has 1 atom stereocenters. The van der Waals surface area contributed by atoms with Crippen LogP contribution in [0.15, 0.2) is 28.9 Å². The number of hydrogen-bond acceptors (Lipinski definition) is 2. The zero-order chi connectivity index (χ0) is 9.42. The van der Waals surface area contributed by atoms with Crippen LogP contribution in [0.4, 0.5) is 4.39 Å². The van der Waals surface area contributed by atoms with Crippen molar-refractivity contribution in [3.63, 3.8) is 0 Å². The minimum atomic E-state index is -1.08. The Morgan fingerprint density at radius 2 is 2.23 bits per heavy atom. The molecule has 0 radical (unpaired) electrons. The molecule has 0 fully saturated rings. The van der Waals surface area contributed by atoms with Crippen molar-refractivity contribution in [2.75, 3.05) is 0 Å². The minimum Gasteiger partial charge on any atom is -0.504 e. The molecule has 1 N–H and O–H groups in total. The van der Waals surface area contributed by atoms with Gasteiger partial charge in [0.2, 0.25) is 0 Å². The Hall–Kier alpha value is -1.51. The van der Waals surface area contributed by atoms with E-state index in [0.29, 0.717) is 16.5 Å². The molecular formula is C10H9FO2. The zero-order valence-corrected chi connectivity index (χ0v) is 7.12. The molecule has 0 aliphatic heterocycles. The number of alkyl halides is 1. The minimum absolute atomic E-state index is 0.0457. The molecule has 0 bridgehead atoms. The molecule has 0 aliphatic carbocycles. The molecule has 0 aliphatic rings. The molecule has 1 heterocycles. The van der Waals surface area contributed by atoms with Gasteiger partial charge in [0, 0.05) is 10.9 Å². The molecule has 1 aromatic carbocycles. The molecule has 0 saturated heterocycles. The number of hydrogen-bond donors (Lipinski definition) is 1. The number of aromatic hydroxyl groups is 1. The number of halogens is 1. The van der Waals surface area contributed by atoms with Gasteiger partial charge in [-0.05, 0) is 13.0 Å². The summed E-state index contributed by atoms with van der Waals surface area (Å²) in [6, 6.07) is 4.90. The summed E-state index contributed by atoms with van der Waals surface area (Å²) in [7, 11) is 0. The Kier molecular flexibility index (Phi) is 1.72. The molecule has 2 rings (SSSR count). The van der Waals surface area contributed by atoms with Crippen molar-refractivity contribution in [2.45, 2.75) is 13.1 Å². The van der Waals surface area contributed by atoms with Crippen molar-refractivity contribution in [1.82, 2.24) is 0 Å². The van der Waals surface area contributed by atoms with Gasteiger partial charge in [-0.1, -0.05) is 12.1 Å². The first-order chi connectivity index (χ1) is 6.20. The van der Waals surface area contributed by atoms with Gasteiger partial charge < -0.3 is 9.52 Å². The second-order valence-corrected chi connectivity index (χ2v) is 2.96. The van der Waals surface area contributed by atoms with Crippen LogP contribution in [0.5, 0.6) is 5.75 Å². The Labute approximate surface area is 74.6 Å². The van der Waals surface area contributed by atoms with E-state index in [1.165, 1.54) is 19.3 Å². The summed E-state index contributed by atoms with van der Waals surface area (Å²) in [4.78, 5) is 0. The van der Waals surface area contributed by atoms with Gasteiger partial charge in [-0.2, -0.15) is 0 Å². The van der Waals surface area contributed by atoms with Crippen LogP contribution in [0.1, 0.15) is 18.7 Å². The van der Waals surface area contributed by atoms with E-state index < -0.39 is 6.17 Å². The van der Waals surface area contributed by atoms with E-state index in [4.69, 9.17) is 4.42 Å². The third-order valence-corrected chi connectivity index (χ3v) is 2.04. The maximum absolute atomic E-state index is 13.0. The van der Waals surface area contributed by atoms with Gasteiger partial charge in [0.05, 0.1) is 6.26 Å². The predicted octanol–water partition coefficient (Wildman–Crippen LogP) is 3.17. The molecule has 0 saturated carbocycles. The van der Waals surface area contributed by atoms with Crippen LogP contribution in [0.3, 0.4) is 0 Å². The van der Waals surface area contributed by atoms with E-state index in [-0.39, 0.29) is 5.75 Å². The van der Waals surface area contributed by atoms with E-state index in [1.54, 1.807) is 12.1 Å². The zero-order valence-electron chi connectivity index (χ0n) is 7.12. The van der Waals surface area contributed by atoms with E-state index in [2.05, 4.69) is 0 Å². The van der Waals surface area contributed by atoms with Crippen LogP contribution >= 0.6 is 0 Å². The van der Waals surface area contributed by atoms with E-state index in [9.17, 15) is 9.50 Å². The molecule has 68 valence electrons. The van der Waals surface area contributed by atoms with E-state index in [0.717, 1.165) is 0 Å². The summed E-state index contributed by atoms with van der Waals surface area (Å²) >= 11 is 0. The van der Waals surface area contributed by atoms with Crippen molar-refractivity contribution in [2.24, 2.45) is 0 Å². The molecule has 13 heavy (non-hydrogen) atoms. The van der Waals surface area contributed by atoms with E-state index >= 15 is 0 Å². The largest absolute Gasteiger partial charge is 0.504 e. The number of phenols is 1. The molecule has 3 heteroatoms. The number of benzene rings is 1. The first kappa shape index (κ1) is 8.10. The van der Waals surface area contributed by atoms with Gasteiger partial charge in [-0.15, -0.1) is 0 Å². The molecule has 2 nitrogen and oxygen atoms in total. The molecular weight excluding hydrogens is 171 g/mol. The fourth-order valence-electron chi connectivity index (χ4n) is 1.37. The highest BCUT2D eigenvalue weighted by atomic mass is 19.1. The topological polar surface area (TPSA) is 33.4 Å². The van der Waals surface area contributed by atoms with Crippen molar-refractivity contribution in [1.29, 1.82) is 0 Å². The maximum Gasteiger partial charge on any atom is 0.175 e. The van der Waals surface area contributed by atoms with Gasteiger partial charge in [-0.3, -0.25) is 0 Å². The van der Waals surface area contributed by atoms with Crippen molar-refractivity contribution >= 4 is 11.0 Å². The lowest BCUT2D eigenvalue weighted by atomic mass is 10.1. The number of furan rings is 1. The Morgan fingerprint density at radius 3 is 2.92 bits per heavy atom. The van der Waals surface area contributed by atoms with Crippen LogP contribution in [-0.2, 0) is 0 Å². The SMILES string of the molecule is CC(F)c1coc2c(O)cccc12. The van der Waals surface area contributed by atoms with Crippen LogP contribution < -0.4 is 0 Å². The fraction of sp³-hybridized carbons (Fsp3) is 0.200. The molecule has 1 aromatic heterocycles. The second kappa shape index (κ2) is 2.76. The summed E-state index contributed by atoms with van der Waals surface area (Å²) < 4.78 is 18.0. The number of rotatable bonds is 1. The summed E-state index contributed by atoms with van der Waals surface area (Å²) in [6.45, 7) is 1.44. The van der Waals surface area contributed by atoms with Crippen LogP contribution in [0.2, 0.25) is 0 Å². The van der Waals surface area contributed by atoms with Crippen molar-refractivity contribution in [3.05, 3.63) is 30.0 Å². The molecule has 0 amide bonds. The predicted molar refractivity (Wildman–Crippen MR) is 47.4 cm³/mol. The normalized spacial score (nSPS) is 13.4. The number of phenolic OH excluding ortho intramolecular Hbond substituents is 1. The highest BCUT2D eigenvalue weighted by molar-refractivity contribution is 5.86. The van der Waals surface area contributed by atoms with Crippen molar-refractivity contribution < 1.29 is 13.9 Å². The average molecular weight is 180 g/mol. The Bertz CT molecular complexity index is 431. The monoisotopic (exact) mass is 180 g/mol. The summed E-state index contributed by atoms with van der Waals surface area (Å²) in [5.74, 6) is 0.0457. The number of fused-ring (bicyclic) bond motifs is 1. The number of para-hydroxylation sites is 1. The lowest BCUT2D eigenvalue weighted by Gasteiger charge is -1.97. The first-order valence-electron chi connectivity index (χ1n) is 4.03. The Balaban J connectivity index is 2.75. The maximum atomic E-state index is 13.0. The Morgan fingerprint density at radius 1 is 1.46 bits per heavy atom. The van der Waals surface area contributed by atoms with Crippen LogP contribution in [-0.4, -0.2) is 5.11 Å². The van der Waals surface area contributed by atoms with Gasteiger partial charge >= 0.3 is 0 Å². The lowest BCUT2D eigenvalue weighted by molar-refractivity contribution is 0.372. The quantitative estimate of drug-likeness (QED) is 0.731. The van der Waals surface area contributed by atoms with Gasteiger partial charge in [-0.25, -0.2) is 4.39 Å². The van der Waals surface area contributed by atoms with Gasteiger partial charge in [0.1, 0.15) is 6.17 Å². The molecule has 0 spiro atoms. The third-order valence-electron chi connectivity index (χ3n) is 2.04. The van der Waals surface area contributed by atoms with Crippen LogP contribution in [0, 0.1) is 0 Å². The lowest BCUT2D eigenvalue weighted by Crippen LogP contribution is -1.81. The fourth-order valence-corrected chi connectivity index (χ4v) is 1.37.